The van der Waals surface area contributed by atoms with Gasteiger partial charge in [-0.1, -0.05) is 11.6 Å². The van der Waals surface area contributed by atoms with E-state index in [1.54, 1.807) is 23.6 Å². The normalized spacial score (nSPS) is 19.9. The van der Waals surface area contributed by atoms with Crippen LogP contribution in [0.25, 0.3) is 0 Å². The van der Waals surface area contributed by atoms with Gasteiger partial charge >= 0.3 is 0 Å². The molecule has 20 heavy (non-hydrogen) atoms. The third kappa shape index (κ3) is 3.07. The maximum atomic E-state index is 11.9. The summed E-state index contributed by atoms with van der Waals surface area (Å²) in [5.74, 6) is 1.91. The molecule has 9 heteroatoms. The second kappa shape index (κ2) is 5.87. The van der Waals surface area contributed by atoms with Crippen molar-refractivity contribution < 1.29 is 13.2 Å². The highest BCUT2D eigenvalue weighted by atomic mass is 35.5. The van der Waals surface area contributed by atoms with Gasteiger partial charge < -0.3 is 4.90 Å². The average Bonchev–Trinajstić information content (AvgIpc) is 2.37. The van der Waals surface area contributed by atoms with Crippen molar-refractivity contribution in [3.8, 4) is 0 Å². The summed E-state index contributed by atoms with van der Waals surface area (Å²) in [4.78, 5) is 21.0. The number of carbonyl (C=O) groups is 1. The van der Waals surface area contributed by atoms with Crippen molar-refractivity contribution in [3.05, 3.63) is 16.5 Å². The lowest BCUT2D eigenvalue weighted by atomic mass is 10.3. The average molecular weight is 336 g/mol. The van der Waals surface area contributed by atoms with Crippen LogP contribution in [0, 0.1) is 6.92 Å². The highest BCUT2D eigenvalue weighted by molar-refractivity contribution is 8.01. The number of halogens is 1. The maximum absolute atomic E-state index is 11.9. The Balaban J connectivity index is 2.55. The van der Waals surface area contributed by atoms with Crippen molar-refractivity contribution >= 4 is 45.3 Å². The van der Waals surface area contributed by atoms with Gasteiger partial charge in [0.05, 0.1) is 5.56 Å². The molecule has 1 aliphatic heterocycles. The van der Waals surface area contributed by atoms with E-state index in [0.717, 1.165) is 5.75 Å². The lowest BCUT2D eigenvalue weighted by molar-refractivity contribution is 0.112. The summed E-state index contributed by atoms with van der Waals surface area (Å²) in [6.45, 7) is 2.15. The Morgan fingerprint density at radius 2 is 2.15 bits per heavy atom. The second-order valence-electron chi connectivity index (χ2n) is 4.47. The van der Waals surface area contributed by atoms with Gasteiger partial charge in [-0.15, -0.1) is 0 Å². The van der Waals surface area contributed by atoms with Crippen molar-refractivity contribution in [1.82, 2.24) is 9.97 Å². The first-order valence-corrected chi connectivity index (χ1v) is 9.36. The molecule has 0 aliphatic carbocycles. The van der Waals surface area contributed by atoms with Gasteiger partial charge in [-0.25, -0.2) is 18.4 Å². The van der Waals surface area contributed by atoms with Crippen LogP contribution in [-0.2, 0) is 9.84 Å². The van der Waals surface area contributed by atoms with Gasteiger partial charge in [-0.3, -0.25) is 4.79 Å². The van der Waals surface area contributed by atoms with Gasteiger partial charge in [-0.05, 0) is 6.92 Å². The quantitative estimate of drug-likeness (QED) is 0.606. The van der Waals surface area contributed by atoms with E-state index in [1.807, 2.05) is 0 Å². The lowest BCUT2D eigenvalue weighted by Gasteiger charge is -2.35. The van der Waals surface area contributed by atoms with Gasteiger partial charge in [0.1, 0.15) is 22.2 Å². The monoisotopic (exact) mass is 335 g/mol. The fraction of sp³-hybridized carbons (Fsp3) is 0.545. The molecule has 1 unspecified atom stereocenters. The second-order valence-corrected chi connectivity index (χ2v) is 8.18. The number of aldehydes is 1. The Bertz CT molecular complexity index is 636. The number of sulfone groups is 1. The van der Waals surface area contributed by atoms with Crippen LogP contribution in [-0.4, -0.2) is 54.4 Å². The van der Waals surface area contributed by atoms with Crippen LogP contribution >= 0.6 is 23.4 Å². The molecular formula is C11H14ClN3O3S2. The number of hydrogen-bond acceptors (Lipinski definition) is 7. The minimum absolute atomic E-state index is 0.0491. The van der Waals surface area contributed by atoms with Gasteiger partial charge in [0.2, 0.25) is 0 Å². The number of carbonyl (C=O) groups excluding carboxylic acids is 1. The zero-order chi connectivity index (χ0) is 14.9. The van der Waals surface area contributed by atoms with E-state index in [9.17, 15) is 13.2 Å². The van der Waals surface area contributed by atoms with E-state index >= 15 is 0 Å². The van der Waals surface area contributed by atoms with E-state index in [0.29, 0.717) is 30.2 Å². The van der Waals surface area contributed by atoms with Crippen LogP contribution < -0.4 is 4.90 Å². The van der Waals surface area contributed by atoms with Crippen LogP contribution in [0.3, 0.4) is 0 Å². The SMILES string of the molecule is Cc1nc(Cl)c(C=O)c(N2CCSCC2S(C)(=O)=O)n1. The van der Waals surface area contributed by atoms with Crippen molar-refractivity contribution in [2.45, 2.75) is 12.3 Å². The molecule has 1 saturated heterocycles. The molecule has 0 bridgehead atoms. The Morgan fingerprint density at radius 1 is 1.45 bits per heavy atom. The predicted molar refractivity (Wildman–Crippen MR) is 80.5 cm³/mol. The standard InChI is InChI=1S/C11H14ClN3O3S2/c1-7-13-10(12)8(5-16)11(14-7)15-3-4-19-6-9(15)20(2,17)18/h5,9H,3-4,6H2,1-2H3. The highest BCUT2D eigenvalue weighted by Gasteiger charge is 2.33. The summed E-state index contributed by atoms with van der Waals surface area (Å²) < 4.78 is 23.8. The molecule has 2 heterocycles. The summed E-state index contributed by atoms with van der Waals surface area (Å²) in [6.07, 6.45) is 1.75. The van der Waals surface area contributed by atoms with Crippen LogP contribution in [0.5, 0.6) is 0 Å². The number of nitrogens with zero attached hydrogens (tertiary/aromatic N) is 3. The Labute approximate surface area is 126 Å². The van der Waals surface area contributed by atoms with Gasteiger partial charge in [0, 0.05) is 24.3 Å². The summed E-state index contributed by atoms with van der Waals surface area (Å²) in [5, 5.41) is -0.654. The predicted octanol–water partition coefficient (Wildman–Crippen LogP) is 1.17. The fourth-order valence-electron chi connectivity index (χ4n) is 2.03. The number of hydrogen-bond donors (Lipinski definition) is 0. The molecule has 0 spiro atoms. The number of thioether (sulfide) groups is 1. The van der Waals surface area contributed by atoms with E-state index < -0.39 is 15.2 Å². The van der Waals surface area contributed by atoms with Crippen molar-refractivity contribution in [1.29, 1.82) is 0 Å². The van der Waals surface area contributed by atoms with Crippen molar-refractivity contribution in [2.24, 2.45) is 0 Å². The zero-order valence-electron chi connectivity index (χ0n) is 11.0. The van der Waals surface area contributed by atoms with E-state index in [-0.39, 0.29) is 10.7 Å². The molecular weight excluding hydrogens is 322 g/mol. The topological polar surface area (TPSA) is 80.2 Å². The molecule has 2 rings (SSSR count). The molecule has 1 aliphatic rings. The first-order valence-electron chi connectivity index (χ1n) is 5.87. The third-order valence-electron chi connectivity index (χ3n) is 2.96. The minimum Gasteiger partial charge on any atom is -0.337 e. The third-order valence-corrected chi connectivity index (χ3v) is 5.89. The lowest BCUT2D eigenvalue weighted by Crippen LogP contribution is -2.48. The molecule has 1 atom stereocenters. The number of anilines is 1. The Morgan fingerprint density at radius 3 is 2.75 bits per heavy atom. The molecule has 6 nitrogen and oxygen atoms in total. The van der Waals surface area contributed by atoms with E-state index in [1.165, 1.54) is 6.26 Å². The molecule has 1 fully saturated rings. The summed E-state index contributed by atoms with van der Waals surface area (Å²) in [5.41, 5.74) is 0.137. The summed E-state index contributed by atoms with van der Waals surface area (Å²) in [6, 6.07) is 0. The Kier molecular flexibility index (Phi) is 4.55. The summed E-state index contributed by atoms with van der Waals surface area (Å²) in [7, 11) is -3.29. The Hall–Kier alpha value is -0.860. The largest absolute Gasteiger partial charge is 0.337 e. The van der Waals surface area contributed by atoms with Gasteiger partial charge in [0.25, 0.3) is 0 Å². The maximum Gasteiger partial charge on any atom is 0.169 e. The van der Waals surface area contributed by atoms with Gasteiger partial charge in [0.15, 0.2) is 16.1 Å². The fourth-order valence-corrected chi connectivity index (χ4v) is 5.10. The molecule has 0 aromatic carbocycles. The first kappa shape index (κ1) is 15.5. The van der Waals surface area contributed by atoms with Crippen LogP contribution in [0.4, 0.5) is 5.82 Å². The van der Waals surface area contributed by atoms with E-state index in [2.05, 4.69) is 9.97 Å². The van der Waals surface area contributed by atoms with E-state index in [4.69, 9.17) is 11.6 Å². The zero-order valence-corrected chi connectivity index (χ0v) is 13.4. The molecule has 0 N–H and O–H groups in total. The molecule has 1 aromatic rings. The number of rotatable bonds is 3. The number of aryl methyl sites for hydroxylation is 1. The smallest absolute Gasteiger partial charge is 0.169 e. The van der Waals surface area contributed by atoms with Crippen molar-refractivity contribution in [3.63, 3.8) is 0 Å². The summed E-state index contributed by atoms with van der Waals surface area (Å²) >= 11 is 7.52. The van der Waals surface area contributed by atoms with Gasteiger partial charge in [-0.2, -0.15) is 11.8 Å². The molecule has 110 valence electrons. The minimum atomic E-state index is -3.29. The number of aromatic nitrogens is 2. The molecule has 0 saturated carbocycles. The molecule has 1 aromatic heterocycles. The molecule has 0 amide bonds. The van der Waals surface area contributed by atoms with Crippen LogP contribution in [0.1, 0.15) is 16.2 Å². The highest BCUT2D eigenvalue weighted by Crippen LogP contribution is 2.29. The van der Waals surface area contributed by atoms with Crippen LogP contribution in [0.15, 0.2) is 0 Å². The van der Waals surface area contributed by atoms with Crippen LogP contribution in [0.2, 0.25) is 5.15 Å². The van der Waals surface area contributed by atoms with Crippen molar-refractivity contribution in [2.75, 3.05) is 29.2 Å². The molecule has 0 radical (unpaired) electrons. The first-order chi connectivity index (χ1) is 9.34.